The average molecular weight is 664 g/mol. The highest BCUT2D eigenvalue weighted by Crippen LogP contribution is 2.51. The third-order valence-corrected chi connectivity index (χ3v) is 10.1. The van der Waals surface area contributed by atoms with Crippen LogP contribution >= 0.6 is 60.6 Å². The van der Waals surface area contributed by atoms with Crippen LogP contribution in [0.3, 0.4) is 0 Å². The van der Waals surface area contributed by atoms with E-state index in [1.54, 1.807) is 0 Å². The highest BCUT2D eigenvalue weighted by molar-refractivity contribution is 14.2. The maximum absolute atomic E-state index is 6.26. The number of benzene rings is 2. The van der Waals surface area contributed by atoms with E-state index in [4.69, 9.17) is 4.74 Å². The van der Waals surface area contributed by atoms with E-state index in [1.165, 1.54) is 28.0 Å². The van der Waals surface area contributed by atoms with E-state index in [0.29, 0.717) is 18.1 Å². The Labute approximate surface area is 212 Å². The maximum atomic E-state index is 6.26. The molecule has 2 heterocycles. The molecule has 3 atom stereocenters. The molecule has 1 saturated heterocycles. The lowest BCUT2D eigenvalue weighted by Gasteiger charge is -2.48. The summed E-state index contributed by atoms with van der Waals surface area (Å²) in [6.07, 6.45) is 2.01. The SMILES string of the molecule is CCOC1=C2CN(SI)[C@H](c3ccccc3)C[C@@H]2N(SI)[C@H](c2ccc(C)cc2)C1. The van der Waals surface area contributed by atoms with E-state index in [0.717, 1.165) is 26.0 Å². The van der Waals surface area contributed by atoms with Gasteiger partial charge in [0.2, 0.25) is 0 Å². The Hall–Kier alpha value is 0.0600. The molecule has 0 N–H and O–H groups in total. The summed E-state index contributed by atoms with van der Waals surface area (Å²) in [6.45, 7) is 5.93. The average Bonchev–Trinajstić information content (AvgIpc) is 2.79. The molecule has 0 saturated carbocycles. The van der Waals surface area contributed by atoms with Crippen molar-refractivity contribution < 1.29 is 4.74 Å². The molecule has 0 aromatic heterocycles. The smallest absolute Gasteiger partial charge is 0.1000 e. The molecule has 2 aromatic carbocycles. The van der Waals surface area contributed by atoms with Crippen LogP contribution in [0, 0.1) is 6.92 Å². The molecule has 2 aliphatic heterocycles. The van der Waals surface area contributed by atoms with Gasteiger partial charge >= 0.3 is 0 Å². The molecule has 0 unspecified atom stereocenters. The van der Waals surface area contributed by atoms with E-state index in [1.807, 2.05) is 18.2 Å². The molecule has 4 rings (SSSR count). The van der Waals surface area contributed by atoms with Gasteiger partial charge in [-0.25, -0.2) is 8.61 Å². The summed E-state index contributed by atoms with van der Waals surface area (Å²) in [4.78, 5) is 0. The summed E-state index contributed by atoms with van der Waals surface area (Å²) in [6, 6.07) is 21.1. The third kappa shape index (κ3) is 4.85. The zero-order valence-electron chi connectivity index (χ0n) is 17.1. The number of hydrogen-bond donors (Lipinski definition) is 0. The minimum absolute atomic E-state index is 0.332. The number of rotatable bonds is 6. The fourth-order valence-electron chi connectivity index (χ4n) is 4.53. The summed E-state index contributed by atoms with van der Waals surface area (Å²) in [5, 5.41) is 0. The Bertz CT molecular complexity index is 879. The number of piperidine rings is 1. The van der Waals surface area contributed by atoms with Gasteiger partial charge in [0.25, 0.3) is 0 Å². The van der Waals surface area contributed by atoms with Crippen LogP contribution in [-0.2, 0) is 4.74 Å². The minimum Gasteiger partial charge on any atom is -0.498 e. The second kappa shape index (κ2) is 10.8. The standard InChI is InChI=1S/C23H26I2N2OS2/c1-3-28-23-14-21(18-11-9-16(2)10-12-18)27(30-25)22-13-20(17-7-5-4-6-8-17)26(29-24)15-19(22)23/h4-12,20-22H,3,13-15H2,1-2H3/t20-,21-,22-/m0/s1. The van der Waals surface area contributed by atoms with Crippen molar-refractivity contribution in [1.82, 2.24) is 8.61 Å². The molecule has 0 amide bonds. The molecule has 2 aromatic rings. The van der Waals surface area contributed by atoms with Crippen LogP contribution in [0.4, 0.5) is 0 Å². The van der Waals surface area contributed by atoms with Gasteiger partial charge in [0, 0.05) is 73.0 Å². The van der Waals surface area contributed by atoms with E-state index < -0.39 is 0 Å². The van der Waals surface area contributed by atoms with Crippen molar-refractivity contribution in [2.45, 2.75) is 44.8 Å². The lowest BCUT2D eigenvalue weighted by molar-refractivity contribution is 0.129. The van der Waals surface area contributed by atoms with Crippen LogP contribution in [-0.4, -0.2) is 27.8 Å². The number of fused-ring (bicyclic) bond motifs is 1. The van der Waals surface area contributed by atoms with Crippen LogP contribution in [0.5, 0.6) is 0 Å². The van der Waals surface area contributed by atoms with Crippen LogP contribution in [0.15, 0.2) is 65.9 Å². The predicted octanol–water partition coefficient (Wildman–Crippen LogP) is 7.84. The van der Waals surface area contributed by atoms with E-state index in [2.05, 4.69) is 119 Å². The molecule has 30 heavy (non-hydrogen) atoms. The zero-order chi connectivity index (χ0) is 21.1. The van der Waals surface area contributed by atoms with Gasteiger partial charge in [-0.15, -0.1) is 0 Å². The largest absolute Gasteiger partial charge is 0.498 e. The van der Waals surface area contributed by atoms with Crippen molar-refractivity contribution in [2.75, 3.05) is 13.2 Å². The van der Waals surface area contributed by atoms with Crippen molar-refractivity contribution in [1.29, 1.82) is 0 Å². The van der Waals surface area contributed by atoms with E-state index in [9.17, 15) is 0 Å². The number of halogens is 2. The van der Waals surface area contributed by atoms with Gasteiger partial charge in [0.1, 0.15) is 0 Å². The Kier molecular flexibility index (Phi) is 8.35. The van der Waals surface area contributed by atoms with Crippen molar-refractivity contribution in [3.63, 3.8) is 0 Å². The van der Waals surface area contributed by atoms with Gasteiger partial charge < -0.3 is 4.74 Å². The summed E-state index contributed by atoms with van der Waals surface area (Å²) < 4.78 is 11.4. The second-order valence-electron chi connectivity index (χ2n) is 7.76. The van der Waals surface area contributed by atoms with E-state index in [-0.39, 0.29) is 0 Å². The highest BCUT2D eigenvalue weighted by atomic mass is 127. The maximum Gasteiger partial charge on any atom is 0.1000 e. The zero-order valence-corrected chi connectivity index (χ0v) is 23.1. The summed E-state index contributed by atoms with van der Waals surface area (Å²) in [7, 11) is 3.67. The lowest BCUT2D eigenvalue weighted by atomic mass is 9.84. The first-order valence-electron chi connectivity index (χ1n) is 10.2. The quantitative estimate of drug-likeness (QED) is 0.230. The summed E-state index contributed by atoms with van der Waals surface area (Å²) in [5.74, 6) is 1.21. The molecule has 160 valence electrons. The topological polar surface area (TPSA) is 15.7 Å². The number of ether oxygens (including phenoxy) is 1. The van der Waals surface area contributed by atoms with Gasteiger partial charge in [-0.1, -0.05) is 60.2 Å². The van der Waals surface area contributed by atoms with Crippen molar-refractivity contribution in [3.8, 4) is 0 Å². The fourth-order valence-corrected chi connectivity index (χ4v) is 8.51. The third-order valence-electron chi connectivity index (χ3n) is 6.01. The molecule has 7 heteroatoms. The fraction of sp³-hybridized carbons (Fsp3) is 0.391. The second-order valence-corrected chi connectivity index (χ2v) is 11.3. The molecular formula is C23H26I2N2OS2. The van der Waals surface area contributed by atoms with Crippen LogP contribution in [0.1, 0.15) is 48.5 Å². The van der Waals surface area contributed by atoms with Crippen LogP contribution < -0.4 is 0 Å². The number of aryl methyl sites for hydroxylation is 1. The van der Waals surface area contributed by atoms with Gasteiger partial charge in [0.15, 0.2) is 0 Å². The molecule has 3 nitrogen and oxygen atoms in total. The Morgan fingerprint density at radius 1 is 0.933 bits per heavy atom. The Balaban J connectivity index is 1.74. The first-order chi connectivity index (χ1) is 14.7. The first-order valence-corrected chi connectivity index (χ1v) is 16.9. The summed E-state index contributed by atoms with van der Waals surface area (Å²) in [5.41, 5.74) is 5.54. The molecule has 0 radical (unpaired) electrons. The summed E-state index contributed by atoms with van der Waals surface area (Å²) >= 11 is 4.90. The predicted molar refractivity (Wildman–Crippen MR) is 147 cm³/mol. The minimum atomic E-state index is 0.332. The molecular weight excluding hydrogens is 638 g/mol. The van der Waals surface area contributed by atoms with Gasteiger partial charge in [-0.05, 0) is 49.6 Å². The molecule has 2 aliphatic rings. The van der Waals surface area contributed by atoms with Crippen LogP contribution in [0.25, 0.3) is 0 Å². The normalized spacial score (nSPS) is 25.3. The first kappa shape index (κ1) is 23.2. The van der Waals surface area contributed by atoms with Crippen LogP contribution in [0.2, 0.25) is 0 Å². The lowest BCUT2D eigenvalue weighted by Crippen LogP contribution is -2.47. The molecule has 0 bridgehead atoms. The molecule has 0 aliphatic carbocycles. The number of hydrogen-bond acceptors (Lipinski definition) is 5. The molecule has 0 spiro atoms. The Morgan fingerprint density at radius 3 is 2.27 bits per heavy atom. The van der Waals surface area contributed by atoms with E-state index >= 15 is 0 Å². The van der Waals surface area contributed by atoms with Crippen molar-refractivity contribution in [3.05, 3.63) is 82.6 Å². The molecule has 1 fully saturated rings. The number of nitrogens with zero attached hydrogens (tertiary/aromatic N) is 2. The monoisotopic (exact) mass is 664 g/mol. The van der Waals surface area contributed by atoms with Gasteiger partial charge in [0.05, 0.1) is 18.4 Å². The highest BCUT2D eigenvalue weighted by Gasteiger charge is 2.44. The van der Waals surface area contributed by atoms with Crippen molar-refractivity contribution >= 4 is 60.6 Å². The Morgan fingerprint density at radius 2 is 1.63 bits per heavy atom. The van der Waals surface area contributed by atoms with Gasteiger partial charge in [-0.2, -0.15) is 0 Å². The van der Waals surface area contributed by atoms with Gasteiger partial charge in [-0.3, -0.25) is 0 Å². The van der Waals surface area contributed by atoms with Crippen molar-refractivity contribution in [2.24, 2.45) is 0 Å².